The van der Waals surface area contributed by atoms with Gasteiger partial charge in [0.15, 0.2) is 11.8 Å². The number of anilines is 1. The number of carbonyl (C=O) groups is 2. The molecule has 2 aliphatic rings. The summed E-state index contributed by atoms with van der Waals surface area (Å²) in [7, 11) is 0. The smallest absolute Gasteiger partial charge is 0.291 e. The first-order valence-corrected chi connectivity index (χ1v) is 10.3. The normalized spacial score (nSPS) is 18.0. The lowest BCUT2D eigenvalue weighted by Gasteiger charge is -2.25. The van der Waals surface area contributed by atoms with Gasteiger partial charge in [-0.05, 0) is 42.5 Å². The first-order valence-electron chi connectivity index (χ1n) is 10.3. The summed E-state index contributed by atoms with van der Waals surface area (Å²) < 4.78 is 0. The molecule has 1 unspecified atom stereocenters. The molecular weight excluding hydrogens is 406 g/mol. The predicted molar refractivity (Wildman–Crippen MR) is 121 cm³/mol. The Balaban J connectivity index is 1.62. The number of aromatic nitrogens is 2. The van der Waals surface area contributed by atoms with Crippen LogP contribution in [0.15, 0.2) is 47.6 Å². The maximum atomic E-state index is 12.7. The van der Waals surface area contributed by atoms with Gasteiger partial charge < -0.3 is 15.6 Å². The summed E-state index contributed by atoms with van der Waals surface area (Å²) >= 11 is 0. The average molecular weight is 429 g/mol. The molecule has 1 aromatic carbocycles. The van der Waals surface area contributed by atoms with Crippen molar-refractivity contribution in [3.05, 3.63) is 65.3 Å². The third kappa shape index (κ3) is 4.59. The highest BCUT2D eigenvalue weighted by molar-refractivity contribution is 6.03. The number of carbonyl (C=O) groups excluding carboxylic acids is 2. The molecule has 2 amide bonds. The van der Waals surface area contributed by atoms with E-state index in [0.717, 1.165) is 36.0 Å². The van der Waals surface area contributed by atoms with Crippen molar-refractivity contribution in [2.24, 2.45) is 4.99 Å². The number of hydrogen-bond donors (Lipinski definition) is 4. The molecular formula is C23H23N7O2. The van der Waals surface area contributed by atoms with Gasteiger partial charge in [-0.15, -0.1) is 0 Å². The minimum atomic E-state index is -0.408. The zero-order chi connectivity index (χ0) is 22.5. The van der Waals surface area contributed by atoms with Crippen molar-refractivity contribution in [2.75, 3.05) is 18.4 Å². The number of amides is 2. The summed E-state index contributed by atoms with van der Waals surface area (Å²) in [5.74, 6) is 0.292. The van der Waals surface area contributed by atoms with E-state index in [9.17, 15) is 9.59 Å². The summed E-state index contributed by atoms with van der Waals surface area (Å²) in [5.41, 5.74) is 5.31. The Labute approximate surface area is 185 Å². The molecule has 1 atom stereocenters. The molecule has 0 radical (unpaired) electrons. The number of nitrogens with one attached hydrogen (secondary N) is 4. The maximum Gasteiger partial charge on any atom is 0.291 e. The van der Waals surface area contributed by atoms with Gasteiger partial charge in [0.25, 0.3) is 5.91 Å². The zero-order valence-corrected chi connectivity index (χ0v) is 17.4. The molecule has 9 nitrogen and oxygen atoms in total. The van der Waals surface area contributed by atoms with E-state index in [1.165, 1.54) is 11.8 Å². The van der Waals surface area contributed by atoms with Crippen LogP contribution < -0.4 is 16.0 Å². The SMILES string of the molecule is C=C1CC=C(c2cc(C3CN=C(NC=O)NC3)ccc2NC(=O)c2ncc(C#N)[nH]2)CC1. The Kier molecular flexibility index (Phi) is 6.12. The van der Waals surface area contributed by atoms with Gasteiger partial charge in [0.2, 0.25) is 6.41 Å². The summed E-state index contributed by atoms with van der Waals surface area (Å²) in [6.45, 7) is 5.26. The van der Waals surface area contributed by atoms with Crippen LogP contribution in [0, 0.1) is 11.3 Å². The van der Waals surface area contributed by atoms with Gasteiger partial charge in [-0.1, -0.05) is 24.3 Å². The predicted octanol–water partition coefficient (Wildman–Crippen LogP) is 2.45. The number of benzene rings is 1. The average Bonchev–Trinajstić information content (AvgIpc) is 3.30. The van der Waals surface area contributed by atoms with Crippen LogP contribution in [0.1, 0.15) is 52.6 Å². The second-order valence-electron chi connectivity index (χ2n) is 7.73. The minimum absolute atomic E-state index is 0.0867. The van der Waals surface area contributed by atoms with Gasteiger partial charge in [0.1, 0.15) is 11.8 Å². The summed E-state index contributed by atoms with van der Waals surface area (Å²) in [5, 5.41) is 17.5. The molecule has 2 heterocycles. The number of rotatable bonds is 5. The lowest BCUT2D eigenvalue weighted by Crippen LogP contribution is -2.42. The Morgan fingerprint density at radius 2 is 2.22 bits per heavy atom. The molecule has 0 saturated heterocycles. The number of H-pyrrole nitrogens is 1. The largest absolute Gasteiger partial charge is 0.355 e. The second-order valence-corrected chi connectivity index (χ2v) is 7.73. The number of imidazole rings is 1. The molecule has 32 heavy (non-hydrogen) atoms. The van der Waals surface area contributed by atoms with Crippen LogP contribution in [-0.2, 0) is 4.79 Å². The van der Waals surface area contributed by atoms with Crippen LogP contribution in [0.3, 0.4) is 0 Å². The fourth-order valence-electron chi connectivity index (χ4n) is 3.81. The van der Waals surface area contributed by atoms with Crippen molar-refractivity contribution in [3.8, 4) is 6.07 Å². The molecule has 0 spiro atoms. The molecule has 1 aliphatic carbocycles. The number of nitrogens with zero attached hydrogens (tertiary/aromatic N) is 3. The number of nitriles is 1. The topological polar surface area (TPSA) is 135 Å². The van der Waals surface area contributed by atoms with E-state index >= 15 is 0 Å². The standard InChI is InChI=1S/C23H23N7O2/c1-14-2-4-15(5-3-14)19-8-16(17-10-26-23(27-11-17)28-13-31)6-7-20(19)30-22(32)21-25-12-18(9-24)29-21/h4,6-8,12-13,17H,1-3,5,10-11H2,(H,25,29)(H,30,32)(H2,26,27,28,31). The molecule has 0 bridgehead atoms. The Morgan fingerprint density at radius 1 is 1.34 bits per heavy atom. The monoisotopic (exact) mass is 429 g/mol. The minimum Gasteiger partial charge on any atom is -0.355 e. The third-order valence-electron chi connectivity index (χ3n) is 5.59. The van der Waals surface area contributed by atoms with Crippen molar-refractivity contribution in [1.29, 1.82) is 5.26 Å². The van der Waals surface area contributed by atoms with Crippen molar-refractivity contribution >= 4 is 29.5 Å². The van der Waals surface area contributed by atoms with E-state index in [4.69, 9.17) is 5.26 Å². The molecule has 1 aromatic heterocycles. The highest BCUT2D eigenvalue weighted by Gasteiger charge is 2.21. The molecule has 4 N–H and O–H groups in total. The molecule has 9 heteroatoms. The third-order valence-corrected chi connectivity index (χ3v) is 5.59. The van der Waals surface area contributed by atoms with E-state index in [2.05, 4.69) is 49.6 Å². The summed E-state index contributed by atoms with van der Waals surface area (Å²) in [6, 6.07) is 7.90. The fraction of sp³-hybridized carbons (Fsp3) is 0.261. The zero-order valence-electron chi connectivity index (χ0n) is 17.4. The van der Waals surface area contributed by atoms with Gasteiger partial charge in [-0.25, -0.2) is 4.98 Å². The van der Waals surface area contributed by atoms with E-state index in [0.29, 0.717) is 31.1 Å². The Bertz CT molecular complexity index is 1170. The highest BCUT2D eigenvalue weighted by Crippen LogP contribution is 2.35. The lowest BCUT2D eigenvalue weighted by atomic mass is 9.87. The highest BCUT2D eigenvalue weighted by atomic mass is 16.2. The van der Waals surface area contributed by atoms with Crippen LogP contribution in [0.5, 0.6) is 0 Å². The van der Waals surface area contributed by atoms with E-state index in [-0.39, 0.29) is 17.4 Å². The number of allylic oxidation sites excluding steroid dienone is 3. The van der Waals surface area contributed by atoms with Crippen LogP contribution in [0.2, 0.25) is 0 Å². The lowest BCUT2D eigenvalue weighted by molar-refractivity contribution is -0.108. The van der Waals surface area contributed by atoms with Gasteiger partial charge in [-0.2, -0.15) is 5.26 Å². The quantitative estimate of drug-likeness (QED) is 0.428. The molecule has 2 aromatic rings. The van der Waals surface area contributed by atoms with E-state index in [1.54, 1.807) is 0 Å². The van der Waals surface area contributed by atoms with Gasteiger partial charge in [0.05, 0.1) is 12.7 Å². The van der Waals surface area contributed by atoms with E-state index < -0.39 is 5.91 Å². The van der Waals surface area contributed by atoms with Crippen LogP contribution in [0.25, 0.3) is 5.57 Å². The van der Waals surface area contributed by atoms with Gasteiger partial charge >= 0.3 is 0 Å². The Hall–Kier alpha value is -4.19. The van der Waals surface area contributed by atoms with Crippen LogP contribution in [0.4, 0.5) is 5.69 Å². The van der Waals surface area contributed by atoms with Crippen molar-refractivity contribution < 1.29 is 9.59 Å². The van der Waals surface area contributed by atoms with E-state index in [1.807, 2.05) is 18.2 Å². The summed E-state index contributed by atoms with van der Waals surface area (Å²) in [4.78, 5) is 34.4. The first kappa shape index (κ1) is 21.1. The molecule has 0 fully saturated rings. The molecule has 1 aliphatic heterocycles. The van der Waals surface area contributed by atoms with Crippen molar-refractivity contribution in [1.82, 2.24) is 20.6 Å². The van der Waals surface area contributed by atoms with Crippen LogP contribution in [-0.4, -0.2) is 41.3 Å². The first-order chi connectivity index (χ1) is 15.6. The van der Waals surface area contributed by atoms with Crippen molar-refractivity contribution in [3.63, 3.8) is 0 Å². The fourth-order valence-corrected chi connectivity index (χ4v) is 3.81. The van der Waals surface area contributed by atoms with Crippen LogP contribution >= 0.6 is 0 Å². The van der Waals surface area contributed by atoms with Gasteiger partial charge in [0, 0.05) is 23.7 Å². The molecule has 0 saturated carbocycles. The number of hydrogen-bond acceptors (Lipinski definition) is 6. The number of aliphatic imine (C=N–C) groups is 1. The number of guanidine groups is 1. The molecule has 162 valence electrons. The Morgan fingerprint density at radius 3 is 2.88 bits per heavy atom. The maximum absolute atomic E-state index is 12.7. The summed E-state index contributed by atoms with van der Waals surface area (Å²) in [6.07, 6.45) is 6.65. The second kappa shape index (κ2) is 9.31. The van der Waals surface area contributed by atoms with Gasteiger partial charge in [-0.3, -0.25) is 19.9 Å². The number of aromatic amines is 1. The molecule has 4 rings (SSSR count). The van der Waals surface area contributed by atoms with Crippen molar-refractivity contribution in [2.45, 2.75) is 25.2 Å².